The Morgan fingerprint density at radius 2 is 1.65 bits per heavy atom. The van der Waals surface area contributed by atoms with E-state index in [0.29, 0.717) is 30.5 Å². The quantitative estimate of drug-likeness (QED) is 0.173. The van der Waals surface area contributed by atoms with E-state index in [9.17, 15) is 29.4 Å². The van der Waals surface area contributed by atoms with Gasteiger partial charge >= 0.3 is 24.0 Å². The van der Waals surface area contributed by atoms with Gasteiger partial charge in [-0.2, -0.15) is 0 Å². The summed E-state index contributed by atoms with van der Waals surface area (Å²) in [6, 6.07) is 7.25. The summed E-state index contributed by atoms with van der Waals surface area (Å²) >= 11 is 0. The third-order valence-corrected chi connectivity index (χ3v) is 14.4. The van der Waals surface area contributed by atoms with E-state index in [1.807, 2.05) is 53.6 Å². The van der Waals surface area contributed by atoms with Gasteiger partial charge in [0.05, 0.1) is 50.0 Å². The Morgan fingerprint density at radius 3 is 2.19 bits per heavy atom. The first-order valence-corrected chi connectivity index (χ1v) is 21.7. The minimum atomic E-state index is -2.06. The number of nitrogens with one attached hydrogen (secondary N) is 1. The number of aliphatic hydroxyl groups is 2. The lowest BCUT2D eigenvalue weighted by atomic mass is 9.45. The molecule has 16 heteroatoms. The van der Waals surface area contributed by atoms with E-state index in [1.165, 1.54) is 6.92 Å². The van der Waals surface area contributed by atoms with E-state index in [0.717, 1.165) is 0 Å². The highest BCUT2D eigenvalue weighted by atomic mass is 16.8. The zero-order chi connectivity index (χ0) is 45.6. The molecule has 12 atom stereocenters. The monoisotopic (exact) mass is 870 g/mol. The van der Waals surface area contributed by atoms with Gasteiger partial charge in [-0.3, -0.25) is 4.79 Å². The highest BCUT2D eigenvalue weighted by Gasteiger charge is 2.77. The van der Waals surface area contributed by atoms with Crippen molar-refractivity contribution in [3.05, 3.63) is 47.0 Å². The molecule has 2 bridgehead atoms. The van der Waals surface area contributed by atoms with Gasteiger partial charge in [-0.05, 0) is 84.8 Å². The summed E-state index contributed by atoms with van der Waals surface area (Å²) in [5, 5.41) is 28.4. The van der Waals surface area contributed by atoms with Gasteiger partial charge in [-0.15, -0.1) is 0 Å². The van der Waals surface area contributed by atoms with E-state index in [4.69, 9.17) is 37.9 Å². The number of hydrogen-bond donors (Lipinski definition) is 3. The first kappa shape index (κ1) is 46.4. The molecule has 0 spiro atoms. The number of carbonyl (C=O) groups excluding carboxylic acids is 4. The fraction of sp³-hybridized carbons (Fsp3) is 0.739. The summed E-state index contributed by atoms with van der Waals surface area (Å²) in [4.78, 5) is 57.1. The number of benzene rings is 1. The molecule has 1 amide bonds. The van der Waals surface area contributed by atoms with Crippen LogP contribution in [0.5, 0.6) is 0 Å². The fourth-order valence-electron chi connectivity index (χ4n) is 11.5. The molecule has 16 nitrogen and oxygen atoms in total. The highest BCUT2D eigenvalue weighted by Crippen LogP contribution is 2.67. The Bertz CT molecular complexity index is 1960. The number of nitrogens with zero attached hydrogens (tertiary/aromatic N) is 1. The molecule has 1 aromatic carbocycles. The van der Waals surface area contributed by atoms with Crippen LogP contribution in [-0.2, 0) is 47.5 Å². The standard InChI is InChI=1S/C46H66N2O14/c1-25-28(57-38(52)31(50)34(42(8)22-55-23-42)47-39(53)62-40(3,4)5)20-46(54)36(58-37(51)27-16-14-13-15-17-27)33-43(9,19-18-29-45(33,24-56-29)59-26(2)49)35-32(30(25)41(46,6)7)60-44(10,61-35)21-48(11)12/h13-17,28-29,31-36,50,54H,18-24H2,1-12H3,(H,47,53)/t28-,29?,31+,32?,33?,34+,35?,36-,43+,44+,45-,46+/m0/s1. The number of esters is 3. The van der Waals surface area contributed by atoms with Gasteiger partial charge in [0.1, 0.15) is 35.6 Å². The van der Waals surface area contributed by atoms with E-state index in [2.05, 4.69) is 5.32 Å². The Morgan fingerprint density at radius 1 is 0.984 bits per heavy atom. The number of hydrogen-bond acceptors (Lipinski definition) is 15. The van der Waals surface area contributed by atoms with Crippen LogP contribution in [0.1, 0.15) is 98.9 Å². The third-order valence-electron chi connectivity index (χ3n) is 14.4. The van der Waals surface area contributed by atoms with Crippen molar-refractivity contribution < 1.29 is 67.3 Å². The lowest BCUT2D eigenvalue weighted by Crippen LogP contribution is -2.79. The van der Waals surface area contributed by atoms with Gasteiger partial charge < -0.3 is 58.3 Å². The number of rotatable bonds is 10. The molecule has 6 aliphatic rings. The predicted octanol–water partition coefficient (Wildman–Crippen LogP) is 4.08. The molecule has 0 aromatic heterocycles. The van der Waals surface area contributed by atoms with Gasteiger partial charge in [0.2, 0.25) is 0 Å². The smallest absolute Gasteiger partial charge is 0.407 e. The molecule has 7 rings (SSSR count). The summed E-state index contributed by atoms with van der Waals surface area (Å²) < 4.78 is 50.7. The summed E-state index contributed by atoms with van der Waals surface area (Å²) in [7, 11) is 3.81. The average molecular weight is 871 g/mol. The second-order valence-corrected chi connectivity index (χ2v) is 21.0. The summed E-state index contributed by atoms with van der Waals surface area (Å²) in [5.41, 5.74) is -6.02. The molecule has 344 valence electrons. The summed E-state index contributed by atoms with van der Waals surface area (Å²) in [5.74, 6) is -4.48. The minimum Gasteiger partial charge on any atom is -0.456 e. The molecule has 2 saturated carbocycles. The normalized spacial score (nSPS) is 37.7. The van der Waals surface area contributed by atoms with Crippen molar-refractivity contribution in [1.29, 1.82) is 0 Å². The average Bonchev–Trinajstić information content (AvgIpc) is 3.48. The third kappa shape index (κ3) is 7.74. The zero-order valence-corrected chi connectivity index (χ0v) is 38.2. The molecular formula is C46H66N2O14. The molecule has 3 aliphatic heterocycles. The number of amides is 1. The maximum absolute atomic E-state index is 14.5. The van der Waals surface area contributed by atoms with Crippen molar-refractivity contribution in [3.8, 4) is 0 Å². The number of fused-ring (bicyclic) bond motifs is 8. The molecule has 0 radical (unpaired) electrons. The van der Waals surface area contributed by atoms with Crippen LogP contribution in [0.3, 0.4) is 0 Å². The topological polar surface area (TPSA) is 198 Å². The first-order valence-electron chi connectivity index (χ1n) is 21.7. The predicted molar refractivity (Wildman–Crippen MR) is 221 cm³/mol. The van der Waals surface area contributed by atoms with Gasteiger partial charge in [-0.1, -0.05) is 45.9 Å². The van der Waals surface area contributed by atoms with Gasteiger partial charge in [0.15, 0.2) is 17.5 Å². The van der Waals surface area contributed by atoms with Crippen molar-refractivity contribution in [2.24, 2.45) is 22.2 Å². The van der Waals surface area contributed by atoms with Crippen LogP contribution in [0.15, 0.2) is 41.5 Å². The lowest BCUT2D eigenvalue weighted by Gasteiger charge is -2.68. The number of ether oxygens (including phenoxy) is 8. The number of carbonyl (C=O) groups is 4. The Balaban J connectivity index is 1.39. The van der Waals surface area contributed by atoms with Crippen LogP contribution in [0, 0.1) is 22.2 Å². The van der Waals surface area contributed by atoms with Crippen molar-refractivity contribution in [2.75, 3.05) is 40.5 Å². The van der Waals surface area contributed by atoms with E-state index in [-0.39, 0.29) is 31.8 Å². The second-order valence-electron chi connectivity index (χ2n) is 21.0. The first-order chi connectivity index (χ1) is 28.7. The van der Waals surface area contributed by atoms with Crippen LogP contribution in [0.2, 0.25) is 0 Å². The number of alkyl carbamates (subject to hydrolysis) is 1. The molecule has 3 aliphatic carbocycles. The Kier molecular flexibility index (Phi) is 11.8. The second kappa shape index (κ2) is 15.8. The Hall–Kier alpha value is -3.64. The maximum atomic E-state index is 14.5. The molecule has 3 saturated heterocycles. The largest absolute Gasteiger partial charge is 0.456 e. The number of aliphatic hydroxyl groups excluding tert-OH is 1. The summed E-state index contributed by atoms with van der Waals surface area (Å²) in [6.45, 7) is 18.2. The van der Waals surface area contributed by atoms with Gasteiger partial charge in [-0.25, -0.2) is 14.4 Å². The molecule has 3 N–H and O–H groups in total. The van der Waals surface area contributed by atoms with Crippen LogP contribution in [0.25, 0.3) is 0 Å². The van der Waals surface area contributed by atoms with E-state index in [1.54, 1.807) is 58.0 Å². The molecule has 3 heterocycles. The van der Waals surface area contributed by atoms with Crippen molar-refractivity contribution >= 4 is 24.0 Å². The van der Waals surface area contributed by atoms with E-state index < -0.39 is 111 Å². The van der Waals surface area contributed by atoms with Crippen LogP contribution < -0.4 is 5.32 Å². The van der Waals surface area contributed by atoms with Crippen LogP contribution in [0.4, 0.5) is 4.79 Å². The zero-order valence-electron chi connectivity index (χ0n) is 38.2. The molecule has 5 fully saturated rings. The SMILES string of the molecule is CC(=O)O[C@@]12COC1CC[C@@]1(C)C3O[C@](C)(CN(C)C)OC3C3=C(C)[C@@H](OC(=O)[C@H](O)[C@@H](NC(=O)OC(C)(C)C)C4(C)COC4)C[C@@](O)([C@@H](OC(=O)c4ccccc4)C12)C3(C)C. The van der Waals surface area contributed by atoms with Gasteiger partial charge in [0, 0.05) is 29.6 Å². The van der Waals surface area contributed by atoms with E-state index >= 15 is 0 Å². The van der Waals surface area contributed by atoms with Crippen molar-refractivity contribution in [1.82, 2.24) is 10.2 Å². The minimum absolute atomic E-state index is 0.0263. The molecular weight excluding hydrogens is 805 g/mol. The van der Waals surface area contributed by atoms with Crippen molar-refractivity contribution in [2.45, 2.75) is 154 Å². The Labute approximate surface area is 364 Å². The van der Waals surface area contributed by atoms with Crippen LogP contribution >= 0.6 is 0 Å². The maximum Gasteiger partial charge on any atom is 0.407 e. The molecule has 1 aromatic rings. The number of likely N-dealkylation sites (N-methyl/N-ethyl adjacent to an activating group) is 1. The fourth-order valence-corrected chi connectivity index (χ4v) is 11.5. The highest BCUT2D eigenvalue weighted by molar-refractivity contribution is 5.89. The molecule has 4 unspecified atom stereocenters. The lowest BCUT2D eigenvalue weighted by molar-refractivity contribution is -0.346. The summed E-state index contributed by atoms with van der Waals surface area (Å²) in [6.07, 6.45) is -6.90. The van der Waals surface area contributed by atoms with Crippen LogP contribution in [-0.4, -0.2) is 145 Å². The van der Waals surface area contributed by atoms with Gasteiger partial charge in [0.25, 0.3) is 0 Å². The molecule has 62 heavy (non-hydrogen) atoms. The van der Waals surface area contributed by atoms with Crippen molar-refractivity contribution in [3.63, 3.8) is 0 Å².